The van der Waals surface area contributed by atoms with Gasteiger partial charge in [0.25, 0.3) is 0 Å². The highest BCUT2D eigenvalue weighted by Crippen LogP contribution is 1.86. The third kappa shape index (κ3) is 1.95. The normalized spacial score (nSPS) is 45.0. The first-order valence-electron chi connectivity index (χ1n) is 3.61. The Kier molecular flexibility index (Phi) is 2.09. The summed E-state index contributed by atoms with van der Waals surface area (Å²) in [5.41, 5.74) is 0. The molecule has 1 aliphatic rings. The molecule has 9 heavy (non-hydrogen) atoms. The van der Waals surface area contributed by atoms with Crippen molar-refractivity contribution < 1.29 is 4.90 Å². The molecule has 0 bridgehead atoms. The lowest BCUT2D eigenvalue weighted by atomic mass is 10.2. The highest BCUT2D eigenvalue weighted by atomic mass is 15.2. The Morgan fingerprint density at radius 1 is 1.33 bits per heavy atom. The fourth-order valence-corrected chi connectivity index (χ4v) is 1.55. The van der Waals surface area contributed by atoms with Gasteiger partial charge in [0.2, 0.25) is 0 Å². The molecule has 54 valence electrons. The van der Waals surface area contributed by atoms with E-state index in [1.54, 1.807) is 0 Å². The molecule has 0 radical (unpaired) electrons. The maximum atomic E-state index is 3.98. The maximum absolute atomic E-state index is 3.98. The van der Waals surface area contributed by atoms with E-state index in [2.05, 4.69) is 26.2 Å². The molecule has 2 N–H and O–H groups in total. The lowest BCUT2D eigenvalue weighted by molar-refractivity contribution is -0.861. The zero-order valence-electron chi connectivity index (χ0n) is 6.28. The summed E-state index contributed by atoms with van der Waals surface area (Å²) in [7, 11) is 3.98. The van der Waals surface area contributed by atoms with Crippen LogP contribution < -0.4 is 10.2 Å². The molecule has 1 saturated heterocycles. The van der Waals surface area contributed by atoms with Crippen LogP contribution in [0.15, 0.2) is 0 Å². The molecular formula is C7H16N2. The Hall–Kier alpha value is -0.0800. The van der Waals surface area contributed by atoms with Crippen molar-refractivity contribution in [2.45, 2.75) is 25.9 Å². The third-order valence-electron chi connectivity index (χ3n) is 1.76. The van der Waals surface area contributed by atoms with Crippen LogP contribution in [0.25, 0.3) is 0 Å². The fourth-order valence-electron chi connectivity index (χ4n) is 1.55. The zero-order valence-corrected chi connectivity index (χ0v) is 6.28. The van der Waals surface area contributed by atoms with E-state index in [0.29, 0.717) is 12.1 Å². The third-order valence-corrected chi connectivity index (χ3v) is 1.76. The predicted octanol–water partition coefficient (Wildman–Crippen LogP) is -0.957. The van der Waals surface area contributed by atoms with Gasteiger partial charge in [-0.3, -0.25) is 0 Å². The second-order valence-electron chi connectivity index (χ2n) is 3.13. The molecule has 0 aromatic heterocycles. The Balaban J connectivity index is 2.34. The second-order valence-corrected chi connectivity index (χ2v) is 3.13. The molecule has 1 heterocycles. The standard InChI is InChI=1S/C7H16N2/c1-6-4-9(3)5-7(2)8-6/h6-9H,3-5H2,1-2H3. The van der Waals surface area contributed by atoms with Gasteiger partial charge in [0.05, 0.1) is 25.2 Å². The highest BCUT2D eigenvalue weighted by Gasteiger charge is 2.17. The van der Waals surface area contributed by atoms with Crippen LogP contribution in [-0.4, -0.2) is 25.2 Å². The van der Waals surface area contributed by atoms with Gasteiger partial charge in [0, 0.05) is 0 Å². The number of hydrogen-bond donors (Lipinski definition) is 2. The van der Waals surface area contributed by atoms with Crippen LogP contribution in [-0.2, 0) is 0 Å². The van der Waals surface area contributed by atoms with Crippen molar-refractivity contribution in [2.75, 3.05) is 13.1 Å². The molecule has 2 heteroatoms. The van der Waals surface area contributed by atoms with Crippen LogP contribution in [0.4, 0.5) is 0 Å². The minimum atomic E-state index is 0.640. The van der Waals surface area contributed by atoms with Gasteiger partial charge < -0.3 is 10.2 Å². The average molecular weight is 128 g/mol. The van der Waals surface area contributed by atoms with Crippen molar-refractivity contribution in [1.29, 1.82) is 0 Å². The summed E-state index contributed by atoms with van der Waals surface area (Å²) in [6.45, 7) is 6.73. The Morgan fingerprint density at radius 2 is 1.78 bits per heavy atom. The van der Waals surface area contributed by atoms with Crippen LogP contribution >= 0.6 is 0 Å². The summed E-state index contributed by atoms with van der Waals surface area (Å²) in [5, 5.41) is 3.45. The molecule has 0 amide bonds. The summed E-state index contributed by atoms with van der Waals surface area (Å²) in [6, 6.07) is 1.28. The number of piperazine rings is 1. The van der Waals surface area contributed by atoms with E-state index < -0.39 is 0 Å². The highest BCUT2D eigenvalue weighted by molar-refractivity contribution is 4.69. The lowest BCUT2D eigenvalue weighted by Gasteiger charge is -2.35. The van der Waals surface area contributed by atoms with Gasteiger partial charge in [0.1, 0.15) is 0 Å². The summed E-state index contributed by atoms with van der Waals surface area (Å²) >= 11 is 0. The fraction of sp³-hybridized carbons (Fsp3) is 0.857. The Morgan fingerprint density at radius 3 is 2.11 bits per heavy atom. The first-order valence-corrected chi connectivity index (χ1v) is 3.61. The largest absolute Gasteiger partial charge is 0.465 e. The molecule has 0 aromatic carbocycles. The summed E-state index contributed by atoms with van der Waals surface area (Å²) in [5.74, 6) is 0. The molecule has 1 rings (SSSR count). The van der Waals surface area contributed by atoms with E-state index in [4.69, 9.17) is 0 Å². The van der Waals surface area contributed by atoms with Crippen molar-refractivity contribution in [1.82, 2.24) is 5.32 Å². The van der Waals surface area contributed by atoms with Crippen molar-refractivity contribution >= 4 is 0 Å². The number of rotatable bonds is 0. The maximum Gasteiger partial charge on any atom is 0.0684 e. The summed E-state index contributed by atoms with van der Waals surface area (Å²) in [4.78, 5) is 1.40. The minimum absolute atomic E-state index is 0.640. The molecule has 2 nitrogen and oxygen atoms in total. The van der Waals surface area contributed by atoms with Gasteiger partial charge in [-0.15, -0.1) is 0 Å². The van der Waals surface area contributed by atoms with Gasteiger partial charge in [-0.2, -0.15) is 7.05 Å². The van der Waals surface area contributed by atoms with Gasteiger partial charge in [-0.25, -0.2) is 0 Å². The SMILES string of the molecule is [CH2-][NH+]1CC(C)NC(C)C1. The first-order chi connectivity index (χ1) is 4.18. The van der Waals surface area contributed by atoms with Crippen molar-refractivity contribution in [3.63, 3.8) is 0 Å². The molecule has 2 unspecified atom stereocenters. The van der Waals surface area contributed by atoms with E-state index in [1.807, 2.05) is 0 Å². The molecule has 0 aliphatic carbocycles. The molecule has 1 fully saturated rings. The Labute approximate surface area is 57.2 Å². The van der Waals surface area contributed by atoms with E-state index >= 15 is 0 Å². The van der Waals surface area contributed by atoms with Crippen LogP contribution in [0.5, 0.6) is 0 Å². The zero-order chi connectivity index (χ0) is 6.85. The van der Waals surface area contributed by atoms with Gasteiger partial charge in [-0.05, 0) is 13.8 Å². The van der Waals surface area contributed by atoms with E-state index in [-0.39, 0.29) is 0 Å². The molecule has 1 aliphatic heterocycles. The molecule has 0 spiro atoms. The lowest BCUT2D eigenvalue weighted by Crippen LogP contribution is -3.11. The van der Waals surface area contributed by atoms with Crippen LogP contribution in [0.2, 0.25) is 0 Å². The predicted molar refractivity (Wildman–Crippen MR) is 38.1 cm³/mol. The number of hydrogen-bond acceptors (Lipinski definition) is 1. The van der Waals surface area contributed by atoms with Crippen molar-refractivity contribution in [2.24, 2.45) is 0 Å². The Bertz CT molecular complexity index is 67.9. The molecule has 0 saturated carbocycles. The molecular weight excluding hydrogens is 112 g/mol. The van der Waals surface area contributed by atoms with E-state index in [1.165, 1.54) is 4.90 Å². The second kappa shape index (κ2) is 2.67. The average Bonchev–Trinajstić information content (AvgIpc) is 1.59. The van der Waals surface area contributed by atoms with Gasteiger partial charge in [0.15, 0.2) is 0 Å². The quantitative estimate of drug-likeness (QED) is 0.402. The minimum Gasteiger partial charge on any atom is -0.465 e. The summed E-state index contributed by atoms with van der Waals surface area (Å²) in [6.07, 6.45) is 0. The number of nitrogens with one attached hydrogen (secondary N) is 2. The molecule has 2 atom stereocenters. The monoisotopic (exact) mass is 128 g/mol. The molecule has 0 aromatic rings. The first kappa shape index (κ1) is 7.03. The number of quaternary nitrogens is 1. The van der Waals surface area contributed by atoms with E-state index in [0.717, 1.165) is 13.1 Å². The van der Waals surface area contributed by atoms with Crippen molar-refractivity contribution in [3.05, 3.63) is 7.05 Å². The van der Waals surface area contributed by atoms with Crippen LogP contribution in [0, 0.1) is 7.05 Å². The smallest absolute Gasteiger partial charge is 0.0684 e. The van der Waals surface area contributed by atoms with Gasteiger partial charge in [-0.1, -0.05) is 0 Å². The summed E-state index contributed by atoms with van der Waals surface area (Å²) < 4.78 is 0. The van der Waals surface area contributed by atoms with Crippen LogP contribution in [0.3, 0.4) is 0 Å². The van der Waals surface area contributed by atoms with Crippen LogP contribution in [0.1, 0.15) is 13.8 Å². The van der Waals surface area contributed by atoms with Gasteiger partial charge >= 0.3 is 0 Å². The van der Waals surface area contributed by atoms with Crippen molar-refractivity contribution in [3.8, 4) is 0 Å². The van der Waals surface area contributed by atoms with E-state index in [9.17, 15) is 0 Å². The topological polar surface area (TPSA) is 16.5 Å².